The summed E-state index contributed by atoms with van der Waals surface area (Å²) >= 11 is 0. The molecule has 0 radical (unpaired) electrons. The van der Waals surface area contributed by atoms with Gasteiger partial charge in [0.05, 0.1) is 0 Å². The van der Waals surface area contributed by atoms with E-state index in [4.69, 9.17) is 11.0 Å². The van der Waals surface area contributed by atoms with Gasteiger partial charge in [-0.25, -0.2) is 9.97 Å². The zero-order valence-corrected chi connectivity index (χ0v) is 8.83. The number of hydrogen-bond donors (Lipinski definition) is 1. The third-order valence-corrected chi connectivity index (χ3v) is 2.28. The molecule has 80 valence electrons. The van der Waals surface area contributed by atoms with E-state index in [0.29, 0.717) is 11.6 Å². The van der Waals surface area contributed by atoms with Crippen molar-refractivity contribution in [2.45, 2.75) is 13.0 Å². The molecule has 0 saturated heterocycles. The van der Waals surface area contributed by atoms with Gasteiger partial charge in [-0.2, -0.15) is 5.26 Å². The molecule has 0 aromatic carbocycles. The second kappa shape index (κ2) is 4.13. The number of hydrogen-bond acceptors (Lipinski definition) is 4. The summed E-state index contributed by atoms with van der Waals surface area (Å²) in [5, 5.41) is 8.86. The molecule has 2 heterocycles. The Hall–Kier alpha value is -2.19. The molecule has 2 aromatic rings. The van der Waals surface area contributed by atoms with E-state index in [1.54, 1.807) is 23.2 Å². The van der Waals surface area contributed by atoms with Crippen molar-refractivity contribution < 1.29 is 0 Å². The van der Waals surface area contributed by atoms with Gasteiger partial charge in [0.2, 0.25) is 5.82 Å². The highest BCUT2D eigenvalue weighted by Crippen LogP contribution is 2.13. The monoisotopic (exact) mass is 213 g/mol. The zero-order valence-electron chi connectivity index (χ0n) is 8.83. The minimum absolute atomic E-state index is 0.0594. The first kappa shape index (κ1) is 10.3. The van der Waals surface area contributed by atoms with Crippen LogP contribution in [0.5, 0.6) is 0 Å². The van der Waals surface area contributed by atoms with E-state index in [0.717, 1.165) is 5.56 Å². The highest BCUT2D eigenvalue weighted by molar-refractivity contribution is 5.33. The van der Waals surface area contributed by atoms with Gasteiger partial charge in [-0.05, 0) is 24.6 Å². The maximum Gasteiger partial charge on any atom is 0.218 e. The smallest absolute Gasteiger partial charge is 0.218 e. The summed E-state index contributed by atoms with van der Waals surface area (Å²) in [6.07, 6.45) is 4.94. The average molecular weight is 213 g/mol. The Labute approximate surface area is 93.2 Å². The number of nitriles is 1. The lowest BCUT2D eigenvalue weighted by Gasteiger charge is -2.08. The molecule has 0 spiro atoms. The number of pyridine rings is 1. The number of rotatable bonds is 2. The van der Waals surface area contributed by atoms with Gasteiger partial charge in [0, 0.05) is 24.6 Å². The Morgan fingerprint density at radius 2 is 2.25 bits per heavy atom. The second-order valence-corrected chi connectivity index (χ2v) is 3.47. The molecule has 5 nitrogen and oxygen atoms in total. The number of nitrogens with two attached hydrogens (primary N) is 1. The molecule has 5 heteroatoms. The quantitative estimate of drug-likeness (QED) is 0.811. The molecule has 0 bridgehead atoms. The van der Waals surface area contributed by atoms with Crippen molar-refractivity contribution in [3.8, 4) is 11.9 Å². The van der Waals surface area contributed by atoms with Crippen LogP contribution < -0.4 is 5.73 Å². The van der Waals surface area contributed by atoms with Crippen LogP contribution in [0.3, 0.4) is 0 Å². The molecule has 0 amide bonds. The van der Waals surface area contributed by atoms with Gasteiger partial charge in [0.25, 0.3) is 0 Å². The molecule has 0 fully saturated rings. The largest absolute Gasteiger partial charge is 0.324 e. The Balaban J connectivity index is 2.49. The standard InChI is InChI=1S/C11H11N5/c1-8(13)9-2-3-14-10(6-9)16-5-4-15-11(16)7-12/h2-6,8H,13H2,1H3/t8-/m1/s1. The lowest BCUT2D eigenvalue weighted by atomic mass is 10.1. The Morgan fingerprint density at radius 3 is 2.94 bits per heavy atom. The topological polar surface area (TPSA) is 80.5 Å². The van der Waals surface area contributed by atoms with Crippen LogP contribution in [-0.2, 0) is 0 Å². The predicted octanol–water partition coefficient (Wildman–Crippen LogP) is 1.16. The van der Waals surface area contributed by atoms with Gasteiger partial charge < -0.3 is 5.73 Å². The van der Waals surface area contributed by atoms with Crippen molar-refractivity contribution in [3.05, 3.63) is 42.1 Å². The van der Waals surface area contributed by atoms with Crippen molar-refractivity contribution in [2.75, 3.05) is 0 Å². The Bertz CT molecular complexity index is 535. The summed E-state index contributed by atoms with van der Waals surface area (Å²) in [6, 6.07) is 5.66. The zero-order chi connectivity index (χ0) is 11.5. The third-order valence-electron chi connectivity index (χ3n) is 2.28. The predicted molar refractivity (Wildman–Crippen MR) is 58.7 cm³/mol. The molecule has 0 aliphatic rings. The summed E-state index contributed by atoms with van der Waals surface area (Å²) in [6.45, 7) is 1.90. The SMILES string of the molecule is C[C@@H](N)c1ccnc(-n2ccnc2C#N)c1. The van der Waals surface area contributed by atoms with Crippen molar-refractivity contribution in [3.63, 3.8) is 0 Å². The lowest BCUT2D eigenvalue weighted by Crippen LogP contribution is -2.07. The van der Waals surface area contributed by atoms with Crippen LogP contribution in [0.1, 0.15) is 24.4 Å². The molecule has 0 unspecified atom stereocenters. The summed E-state index contributed by atoms with van der Waals surface area (Å²) in [7, 11) is 0. The summed E-state index contributed by atoms with van der Waals surface area (Å²) < 4.78 is 1.63. The molecule has 2 N–H and O–H groups in total. The van der Waals surface area contributed by atoms with E-state index < -0.39 is 0 Å². The minimum atomic E-state index is -0.0594. The van der Waals surface area contributed by atoms with Crippen LogP contribution in [0, 0.1) is 11.3 Å². The van der Waals surface area contributed by atoms with Crippen LogP contribution >= 0.6 is 0 Å². The van der Waals surface area contributed by atoms with Gasteiger partial charge in [-0.15, -0.1) is 0 Å². The van der Waals surface area contributed by atoms with E-state index in [9.17, 15) is 0 Å². The third kappa shape index (κ3) is 1.78. The molecule has 0 aliphatic carbocycles. The van der Waals surface area contributed by atoms with Gasteiger partial charge in [-0.1, -0.05) is 0 Å². The summed E-state index contributed by atoms with van der Waals surface area (Å²) in [5.41, 5.74) is 6.76. The maximum atomic E-state index is 8.86. The number of imidazole rings is 1. The van der Waals surface area contributed by atoms with Gasteiger partial charge in [0.15, 0.2) is 0 Å². The number of aromatic nitrogens is 3. The summed E-state index contributed by atoms with van der Waals surface area (Å²) in [4.78, 5) is 8.11. The van der Waals surface area contributed by atoms with Crippen molar-refractivity contribution in [1.29, 1.82) is 5.26 Å². The first-order valence-electron chi connectivity index (χ1n) is 4.87. The highest BCUT2D eigenvalue weighted by atomic mass is 15.1. The summed E-state index contributed by atoms with van der Waals surface area (Å²) in [5.74, 6) is 0.971. The van der Waals surface area contributed by atoms with E-state index in [1.807, 2.05) is 25.1 Å². The molecular weight excluding hydrogens is 202 g/mol. The van der Waals surface area contributed by atoms with Crippen molar-refractivity contribution >= 4 is 0 Å². The van der Waals surface area contributed by atoms with Gasteiger partial charge in [-0.3, -0.25) is 4.57 Å². The molecule has 16 heavy (non-hydrogen) atoms. The molecule has 1 atom stereocenters. The van der Waals surface area contributed by atoms with Gasteiger partial charge >= 0.3 is 0 Å². The average Bonchev–Trinajstić information content (AvgIpc) is 2.77. The first-order chi connectivity index (χ1) is 7.72. The fraction of sp³-hybridized carbons (Fsp3) is 0.182. The van der Waals surface area contributed by atoms with Crippen molar-refractivity contribution in [1.82, 2.24) is 14.5 Å². The van der Waals surface area contributed by atoms with Crippen molar-refractivity contribution in [2.24, 2.45) is 5.73 Å². The number of nitrogens with zero attached hydrogens (tertiary/aromatic N) is 4. The minimum Gasteiger partial charge on any atom is -0.324 e. The Morgan fingerprint density at radius 1 is 1.44 bits per heavy atom. The Kier molecular flexibility index (Phi) is 2.66. The molecule has 2 aromatic heterocycles. The van der Waals surface area contributed by atoms with Crippen LogP contribution in [0.4, 0.5) is 0 Å². The van der Waals surface area contributed by atoms with E-state index in [1.165, 1.54) is 0 Å². The maximum absolute atomic E-state index is 8.86. The second-order valence-electron chi connectivity index (χ2n) is 3.47. The molecule has 0 saturated carbocycles. The normalized spacial score (nSPS) is 12.1. The van der Waals surface area contributed by atoms with Crippen LogP contribution in [0.25, 0.3) is 5.82 Å². The van der Waals surface area contributed by atoms with Crippen LogP contribution in [0.2, 0.25) is 0 Å². The lowest BCUT2D eigenvalue weighted by molar-refractivity contribution is 0.809. The fourth-order valence-electron chi connectivity index (χ4n) is 1.42. The van der Waals surface area contributed by atoms with Crippen LogP contribution in [-0.4, -0.2) is 14.5 Å². The van der Waals surface area contributed by atoms with Gasteiger partial charge in [0.1, 0.15) is 11.9 Å². The first-order valence-corrected chi connectivity index (χ1v) is 4.87. The fourth-order valence-corrected chi connectivity index (χ4v) is 1.42. The molecule has 0 aliphatic heterocycles. The van der Waals surface area contributed by atoms with E-state index in [2.05, 4.69) is 9.97 Å². The van der Waals surface area contributed by atoms with E-state index >= 15 is 0 Å². The molecular formula is C11H11N5. The van der Waals surface area contributed by atoms with Crippen LogP contribution in [0.15, 0.2) is 30.7 Å². The molecule has 2 rings (SSSR count). The van der Waals surface area contributed by atoms with E-state index in [-0.39, 0.29) is 6.04 Å². The highest BCUT2D eigenvalue weighted by Gasteiger charge is 2.07.